The monoisotopic (exact) mass is 2090 g/mol. The molecule has 0 heterocycles. The highest BCUT2D eigenvalue weighted by Gasteiger charge is 2.50. The van der Waals surface area contributed by atoms with E-state index < -0.39 is 69.7 Å². The number of fused-ring (bicyclic) bond motifs is 4. The summed E-state index contributed by atoms with van der Waals surface area (Å²) in [6.07, 6.45) is -4.70. The third-order valence-corrected chi connectivity index (χ3v) is 25.2. The van der Waals surface area contributed by atoms with Crippen molar-refractivity contribution >= 4 is 131 Å². The number of alkyl halides is 3. The van der Waals surface area contributed by atoms with Crippen LogP contribution in [0.4, 0.5) is 13.2 Å². The third-order valence-electron chi connectivity index (χ3n) is 23.3. The number of ether oxygens (including phenoxy) is 13. The van der Waals surface area contributed by atoms with Crippen LogP contribution >= 0.6 is 46.4 Å². The molecule has 0 bridgehead atoms. The molecule has 15 aromatic rings. The minimum Gasteiger partial charge on any atom is -0.537 e. The molecular weight excluding hydrogens is 1980 g/mol. The molecule has 24 nitrogen and oxygen atoms in total. The number of esters is 4. The van der Waals surface area contributed by atoms with Crippen LogP contribution in [0.2, 0.25) is 20.1 Å². The molecule has 146 heavy (non-hydrogen) atoms. The van der Waals surface area contributed by atoms with Gasteiger partial charge in [0.05, 0.1) is 89.4 Å². The van der Waals surface area contributed by atoms with Crippen molar-refractivity contribution in [2.45, 2.75) is 105 Å². The van der Waals surface area contributed by atoms with E-state index in [1.54, 1.807) is 142 Å². The van der Waals surface area contributed by atoms with Crippen LogP contribution in [0.1, 0.15) is 119 Å². The van der Waals surface area contributed by atoms with E-state index >= 15 is 0 Å². The van der Waals surface area contributed by atoms with Crippen LogP contribution in [-0.2, 0) is 77.4 Å². The first-order valence-corrected chi connectivity index (χ1v) is 48.7. The summed E-state index contributed by atoms with van der Waals surface area (Å²) in [5, 5.41) is 38.5. The summed E-state index contributed by atoms with van der Waals surface area (Å²) < 4.78 is 144. The van der Waals surface area contributed by atoms with Crippen LogP contribution in [0, 0.1) is 27.7 Å². The first-order valence-electron chi connectivity index (χ1n) is 45.8. The maximum atomic E-state index is 13.3. The highest BCUT2D eigenvalue weighted by atomic mass is 35.5. The molecular formula is C113H109BCl4F3O24S. The van der Waals surface area contributed by atoms with E-state index in [-0.39, 0.29) is 56.2 Å². The summed E-state index contributed by atoms with van der Waals surface area (Å²) in [6, 6.07) is 78.5. The van der Waals surface area contributed by atoms with E-state index in [2.05, 4.69) is 14.9 Å². The molecule has 0 aromatic heterocycles. The Bertz CT molecular complexity index is 7150. The number of aliphatic hydroxyl groups is 2. The number of hydrogen-bond acceptors (Lipinski definition) is 24. The van der Waals surface area contributed by atoms with E-state index in [4.69, 9.17) is 113 Å². The molecule has 0 aliphatic carbocycles. The van der Waals surface area contributed by atoms with Crippen LogP contribution in [0.15, 0.2) is 261 Å². The lowest BCUT2D eigenvalue weighted by Crippen LogP contribution is -2.29. The van der Waals surface area contributed by atoms with Gasteiger partial charge in [0, 0.05) is 59.7 Å². The smallest absolute Gasteiger partial charge is 0.537 e. The third kappa shape index (κ3) is 28.3. The van der Waals surface area contributed by atoms with Crippen LogP contribution in [-0.4, -0.2) is 137 Å². The van der Waals surface area contributed by atoms with Gasteiger partial charge in [0.2, 0.25) is 0 Å². The molecule has 0 saturated heterocycles. The Labute approximate surface area is 865 Å². The topological polar surface area (TPSA) is 302 Å². The largest absolute Gasteiger partial charge is 0.569 e. The van der Waals surface area contributed by atoms with Gasteiger partial charge in [-0.05, 0) is 311 Å². The van der Waals surface area contributed by atoms with Gasteiger partial charge in [-0.3, -0.25) is 0 Å². The molecule has 763 valence electrons. The average molecular weight is 2090 g/mol. The number of carbonyl (C=O) groups excluding carboxylic acids is 4. The lowest BCUT2D eigenvalue weighted by atomic mass is 9.85. The summed E-state index contributed by atoms with van der Waals surface area (Å²) in [5.74, 6) is 1.93. The summed E-state index contributed by atoms with van der Waals surface area (Å²) in [5.41, 5.74) is 7.33. The van der Waals surface area contributed by atoms with E-state index in [1.807, 2.05) is 178 Å². The Kier molecular flexibility index (Phi) is 40.7. The lowest BCUT2D eigenvalue weighted by Gasteiger charge is -2.24. The van der Waals surface area contributed by atoms with Crippen molar-refractivity contribution in [3.8, 4) is 85.1 Å². The van der Waals surface area contributed by atoms with Gasteiger partial charge in [0.1, 0.15) is 46.0 Å². The second-order valence-electron chi connectivity index (χ2n) is 32.6. The number of carbonyl (C=O) groups is 4. The summed E-state index contributed by atoms with van der Waals surface area (Å²) in [4.78, 5) is 51.1. The normalized spacial score (nSPS) is 11.9. The van der Waals surface area contributed by atoms with Gasteiger partial charge in [0.25, 0.3) is 0 Å². The number of methoxy groups -OCH3 is 7. The zero-order chi connectivity index (χ0) is 106. The average Bonchev–Trinajstić information content (AvgIpc) is 0.750. The number of hydrogen-bond donors (Lipinski definition) is 3. The Morgan fingerprint density at radius 3 is 1.03 bits per heavy atom. The highest BCUT2D eigenvalue weighted by Crippen LogP contribution is 2.48. The van der Waals surface area contributed by atoms with Crippen LogP contribution in [0.3, 0.4) is 0 Å². The fourth-order valence-electron chi connectivity index (χ4n) is 16.4. The molecule has 15 aromatic carbocycles. The number of benzene rings is 15. The molecule has 4 unspecified atom stereocenters. The lowest BCUT2D eigenvalue weighted by molar-refractivity contribution is -0.159. The summed E-state index contributed by atoms with van der Waals surface area (Å²) in [7, 11) is 5.62. The summed E-state index contributed by atoms with van der Waals surface area (Å²) >= 11 is 24.0. The molecule has 4 atom stereocenters. The van der Waals surface area contributed by atoms with Crippen molar-refractivity contribution in [2.75, 3.05) is 76.2 Å². The van der Waals surface area contributed by atoms with Crippen molar-refractivity contribution in [3.05, 3.63) is 348 Å². The van der Waals surface area contributed by atoms with Crippen LogP contribution < -0.4 is 42.0 Å². The first-order chi connectivity index (χ1) is 70.0. The minimum absolute atomic E-state index is 0.00318. The number of rotatable bonds is 34. The molecule has 3 N–H and O–H groups in total. The Morgan fingerprint density at radius 2 is 0.658 bits per heavy atom. The maximum Gasteiger partial charge on any atom is 0.569 e. The van der Waals surface area contributed by atoms with Crippen molar-refractivity contribution in [1.82, 2.24) is 0 Å². The fourth-order valence-corrected chi connectivity index (χ4v) is 17.4. The molecule has 0 spiro atoms. The number of halogens is 7. The van der Waals surface area contributed by atoms with Crippen LogP contribution in [0.5, 0.6) is 51.7 Å². The number of aryl methyl sites for hydroxylation is 4. The quantitative estimate of drug-likeness (QED) is 0.0111. The first kappa shape index (κ1) is 113. The second-order valence-corrected chi connectivity index (χ2v) is 35.9. The molecule has 0 fully saturated rings. The van der Waals surface area contributed by atoms with Gasteiger partial charge in [-0.1, -0.05) is 162 Å². The Balaban J connectivity index is 0.000000180. The molecule has 1 radical (unpaired) electrons. The number of aliphatic hydroxyl groups excluding tert-OH is 2. The Morgan fingerprint density at radius 1 is 0.349 bits per heavy atom. The maximum absolute atomic E-state index is 13.3. The van der Waals surface area contributed by atoms with E-state index in [9.17, 15) is 51.0 Å². The minimum atomic E-state index is -6.10. The van der Waals surface area contributed by atoms with Crippen LogP contribution in [0.25, 0.3) is 76.5 Å². The van der Waals surface area contributed by atoms with Gasteiger partial charge < -0.3 is 85.7 Å². The second kappa shape index (κ2) is 52.8. The van der Waals surface area contributed by atoms with E-state index in [0.717, 1.165) is 133 Å². The van der Waals surface area contributed by atoms with Gasteiger partial charge in [-0.2, -0.15) is 21.6 Å². The SMILES string of the molecule is CCOC(=O)C(O)c1c(C)cc2c(Cc3ccc(OC)cc3)c(OC)ccc2c1-c1ccc(Cl)cc1.CCOC(=O)C(O)c1c(C)cc2cc(OC)ccc2c1-c1ccc(Cl)cc1.CCOC(=O)C(OCc1ccc(OC)cc1)c1c(C)cc2cc(OC)ccc2c1-c1ccc(Cl)cc1.CCOC(=O)C(OCc1ccc(OC)cc1)c1c(C)cc2cc(OC)ccc2c1OS(=O)(=O)C(F)(F)F.O[B]Oc1ccc(Cl)cc1. The van der Waals surface area contributed by atoms with Crippen molar-refractivity contribution in [3.63, 3.8) is 0 Å². The Hall–Kier alpha value is -13.8. The fraction of sp³-hybridized carbons (Fsp3) is 0.239. The van der Waals surface area contributed by atoms with Crippen molar-refractivity contribution < 1.29 is 126 Å². The predicted octanol–water partition coefficient (Wildman–Crippen LogP) is 25.5. The molecule has 0 amide bonds. The van der Waals surface area contributed by atoms with Gasteiger partial charge in [-0.15, -0.1) is 0 Å². The van der Waals surface area contributed by atoms with E-state index in [1.165, 1.54) is 39.3 Å². The van der Waals surface area contributed by atoms with Gasteiger partial charge in [0.15, 0.2) is 30.2 Å². The van der Waals surface area contributed by atoms with Gasteiger partial charge in [-0.25, -0.2) is 19.2 Å². The van der Waals surface area contributed by atoms with E-state index in [0.29, 0.717) is 73.5 Å². The van der Waals surface area contributed by atoms with Gasteiger partial charge >= 0.3 is 47.2 Å². The molecule has 0 saturated carbocycles. The predicted molar refractivity (Wildman–Crippen MR) is 561 cm³/mol. The van der Waals surface area contributed by atoms with Crippen molar-refractivity contribution in [2.24, 2.45) is 0 Å². The zero-order valence-electron chi connectivity index (χ0n) is 82.6. The highest BCUT2D eigenvalue weighted by molar-refractivity contribution is 7.88. The standard InChI is InChI=1S/2C30H29ClO5.C25H25F3O8S.C22H21ClO4.C6H5BClO2/c1-5-35-30(32)29(36-18-20-6-12-24(33-3)13-7-20)27-19(2)16-22-17-25(34-4)14-15-26(22)28(27)21-8-10-23(31)11-9-21;1-5-36-30(33)29(32)27-18(2)16-24-23(28(27)20-8-10-21(31)11-9-20)14-15-26(35-4)25(24)17-19-6-12-22(34-3)13-7-19;1-5-34-24(29)23(35-14-16-6-8-18(32-3)9-7-16)21-15(2)12-17-13-19(33-4)10-11-20(17)22(21)36-37(30,31)25(26,27)28;1-4-27-22(25)21(24)19-13(2)11-15-12-17(26-3)9-10-18(15)20(19)14-5-7-16(23)8-6-14;8-5-1-3-6(4-2-5)10-7-9/h6-17,29H,5,18H2,1-4H3;6-16,29,32H,5,17H2,1-4H3;6-13,23H,5,14H2,1-4H3;5-12,21,24H,4H2,1-3H3;1-4,9H. The molecule has 33 heteroatoms. The molecule has 0 aliphatic rings. The zero-order valence-corrected chi connectivity index (χ0v) is 86.5. The molecule has 0 aliphatic heterocycles. The summed E-state index contributed by atoms with van der Waals surface area (Å²) in [6.45, 7) is 14.7. The van der Waals surface area contributed by atoms with Crippen molar-refractivity contribution in [1.29, 1.82) is 0 Å². The molecule has 15 rings (SSSR count).